The highest BCUT2D eigenvalue weighted by molar-refractivity contribution is 5.62. The van der Waals surface area contributed by atoms with Crippen molar-refractivity contribution in [3.05, 3.63) is 35.4 Å². The molecule has 152 valence electrons. The minimum absolute atomic E-state index is 0.206. The van der Waals surface area contributed by atoms with Crippen molar-refractivity contribution in [2.45, 2.75) is 12.3 Å². The molecule has 2 aromatic rings. The molecule has 0 radical (unpaired) electrons. The van der Waals surface area contributed by atoms with Gasteiger partial charge in [0.2, 0.25) is 0 Å². The summed E-state index contributed by atoms with van der Waals surface area (Å²) in [4.78, 5) is 11.5. The van der Waals surface area contributed by atoms with Gasteiger partial charge >= 0.3 is 0 Å². The van der Waals surface area contributed by atoms with Gasteiger partial charge in [-0.2, -0.15) is 0 Å². The number of hydrogen-bond donors (Lipinski definition) is 0. The molecule has 0 bridgehead atoms. The Labute approximate surface area is 165 Å². The van der Waals surface area contributed by atoms with E-state index in [1.54, 1.807) is 54.8 Å². The molecule has 7 nitrogen and oxygen atoms in total. The quantitative estimate of drug-likeness (QED) is 0.575. The first-order valence-electron chi connectivity index (χ1n) is 8.61. The lowest BCUT2D eigenvalue weighted by Crippen LogP contribution is -2.08. The van der Waals surface area contributed by atoms with Gasteiger partial charge < -0.3 is 33.2 Å². The van der Waals surface area contributed by atoms with Gasteiger partial charge in [0.1, 0.15) is 17.8 Å². The third kappa shape index (κ3) is 4.08. The summed E-state index contributed by atoms with van der Waals surface area (Å²) in [5, 5.41) is 0. The highest BCUT2D eigenvalue weighted by Gasteiger charge is 2.26. The van der Waals surface area contributed by atoms with Crippen molar-refractivity contribution in [2.24, 2.45) is 0 Å². The minimum atomic E-state index is -0.359. The molecule has 0 aromatic heterocycles. The molecule has 2 aromatic carbocycles. The molecule has 0 aliphatic carbocycles. The summed E-state index contributed by atoms with van der Waals surface area (Å²) in [5.41, 5.74) is 1.52. The maximum Gasteiger partial charge on any atom is 0.164 e. The first kappa shape index (κ1) is 21.2. The van der Waals surface area contributed by atoms with Crippen LogP contribution in [-0.2, 0) is 4.79 Å². The molecule has 0 saturated heterocycles. The first-order valence-corrected chi connectivity index (χ1v) is 8.61. The zero-order valence-electron chi connectivity index (χ0n) is 17.0. The van der Waals surface area contributed by atoms with E-state index in [1.807, 2.05) is 12.1 Å². The summed E-state index contributed by atoms with van der Waals surface area (Å²) in [6.07, 6.45) is 1.06. The van der Waals surface area contributed by atoms with Crippen molar-refractivity contribution in [2.75, 3.05) is 42.7 Å². The van der Waals surface area contributed by atoms with Gasteiger partial charge in [0.25, 0.3) is 0 Å². The Morgan fingerprint density at radius 1 is 0.607 bits per heavy atom. The lowest BCUT2D eigenvalue weighted by Gasteiger charge is -2.23. The molecule has 2 rings (SSSR count). The van der Waals surface area contributed by atoms with E-state index < -0.39 is 0 Å². The molecule has 28 heavy (non-hydrogen) atoms. The van der Waals surface area contributed by atoms with Gasteiger partial charge in [-0.3, -0.25) is 0 Å². The van der Waals surface area contributed by atoms with E-state index in [1.165, 1.54) is 0 Å². The first-order chi connectivity index (χ1) is 13.6. The van der Waals surface area contributed by atoms with Crippen molar-refractivity contribution < 1.29 is 33.2 Å². The molecular formula is C21H26O7. The molecule has 0 aliphatic rings. The second-order valence-corrected chi connectivity index (χ2v) is 5.85. The molecule has 0 atom stereocenters. The smallest absolute Gasteiger partial charge is 0.164 e. The van der Waals surface area contributed by atoms with Gasteiger partial charge in [-0.15, -0.1) is 0 Å². The fourth-order valence-electron chi connectivity index (χ4n) is 3.17. The van der Waals surface area contributed by atoms with Gasteiger partial charge in [-0.05, 0) is 12.1 Å². The van der Waals surface area contributed by atoms with Gasteiger partial charge in [0.05, 0.1) is 42.7 Å². The predicted octanol–water partition coefficient (Wildman–Crippen LogP) is 3.46. The van der Waals surface area contributed by atoms with Gasteiger partial charge in [-0.25, -0.2) is 0 Å². The van der Waals surface area contributed by atoms with Crippen molar-refractivity contribution in [1.29, 1.82) is 0 Å². The second-order valence-electron chi connectivity index (χ2n) is 5.85. The van der Waals surface area contributed by atoms with Crippen molar-refractivity contribution in [1.82, 2.24) is 0 Å². The Morgan fingerprint density at radius 2 is 0.929 bits per heavy atom. The van der Waals surface area contributed by atoms with Crippen LogP contribution in [0.25, 0.3) is 0 Å². The van der Waals surface area contributed by atoms with E-state index in [0.717, 1.165) is 17.4 Å². The molecule has 0 N–H and O–H groups in total. The van der Waals surface area contributed by atoms with Crippen molar-refractivity contribution >= 4 is 6.29 Å². The third-order valence-electron chi connectivity index (χ3n) is 4.55. The fraction of sp³-hybridized carbons (Fsp3) is 0.381. The summed E-state index contributed by atoms with van der Waals surface area (Å²) >= 11 is 0. The Kier molecular flexibility index (Phi) is 7.37. The summed E-state index contributed by atoms with van der Waals surface area (Å²) in [5.74, 6) is 2.92. The van der Waals surface area contributed by atoms with Gasteiger partial charge in [0, 0.05) is 35.6 Å². The molecule has 0 saturated carbocycles. The molecule has 0 fully saturated rings. The Hall–Kier alpha value is -3.09. The Bertz CT molecular complexity index is 753. The number of ether oxygens (including phenoxy) is 6. The second kappa shape index (κ2) is 9.73. The van der Waals surface area contributed by atoms with Crippen LogP contribution in [0, 0.1) is 0 Å². The topological polar surface area (TPSA) is 72.5 Å². The Morgan fingerprint density at radius 3 is 1.21 bits per heavy atom. The Balaban J connectivity index is 2.74. The summed E-state index contributed by atoms with van der Waals surface area (Å²) in [7, 11) is 9.34. The number of carbonyl (C=O) groups excluding carboxylic acids is 1. The van der Waals surface area contributed by atoms with Crippen LogP contribution in [0.3, 0.4) is 0 Å². The number of carbonyl (C=O) groups is 1. The van der Waals surface area contributed by atoms with Crippen LogP contribution >= 0.6 is 0 Å². The largest absolute Gasteiger partial charge is 0.496 e. The highest BCUT2D eigenvalue weighted by atomic mass is 16.5. The average molecular weight is 390 g/mol. The normalized spacial score (nSPS) is 10.4. The lowest BCUT2D eigenvalue weighted by molar-refractivity contribution is -0.108. The molecule has 7 heteroatoms. The number of hydrogen-bond acceptors (Lipinski definition) is 7. The highest BCUT2D eigenvalue weighted by Crippen LogP contribution is 2.46. The van der Waals surface area contributed by atoms with Gasteiger partial charge in [0.15, 0.2) is 23.0 Å². The monoisotopic (exact) mass is 390 g/mol. The van der Waals surface area contributed by atoms with E-state index in [-0.39, 0.29) is 12.3 Å². The molecule has 0 unspecified atom stereocenters. The number of aldehydes is 1. The molecule has 0 amide bonds. The summed E-state index contributed by atoms with van der Waals surface area (Å²) < 4.78 is 32.7. The van der Waals surface area contributed by atoms with Crippen LogP contribution in [0.1, 0.15) is 23.5 Å². The SMILES string of the molecule is COc1cc(OC)c(C(CC=O)c2cc(OC)c(OC)cc2OC)cc1OC. The molecular weight excluding hydrogens is 364 g/mol. The van der Waals surface area contributed by atoms with Crippen LogP contribution in [0.15, 0.2) is 24.3 Å². The zero-order chi connectivity index (χ0) is 20.7. The van der Waals surface area contributed by atoms with Crippen LogP contribution in [0.5, 0.6) is 34.5 Å². The maximum absolute atomic E-state index is 11.5. The molecule has 0 heterocycles. The fourth-order valence-corrected chi connectivity index (χ4v) is 3.17. The van der Waals surface area contributed by atoms with E-state index in [9.17, 15) is 4.79 Å². The predicted molar refractivity (Wildman–Crippen MR) is 105 cm³/mol. The van der Waals surface area contributed by atoms with Crippen LogP contribution < -0.4 is 28.4 Å². The third-order valence-corrected chi connectivity index (χ3v) is 4.55. The van der Waals surface area contributed by atoms with Crippen LogP contribution in [0.2, 0.25) is 0 Å². The van der Waals surface area contributed by atoms with Gasteiger partial charge in [-0.1, -0.05) is 0 Å². The van der Waals surface area contributed by atoms with Crippen molar-refractivity contribution in [3.63, 3.8) is 0 Å². The molecule has 0 spiro atoms. The van der Waals surface area contributed by atoms with E-state index in [2.05, 4.69) is 0 Å². The number of methoxy groups -OCH3 is 6. The zero-order valence-corrected chi connectivity index (χ0v) is 17.0. The van der Waals surface area contributed by atoms with E-state index in [4.69, 9.17) is 28.4 Å². The van der Waals surface area contributed by atoms with E-state index >= 15 is 0 Å². The van der Waals surface area contributed by atoms with Crippen molar-refractivity contribution in [3.8, 4) is 34.5 Å². The maximum atomic E-state index is 11.5. The molecule has 0 aliphatic heterocycles. The minimum Gasteiger partial charge on any atom is -0.496 e. The number of rotatable bonds is 10. The summed E-state index contributed by atoms with van der Waals surface area (Å²) in [6.45, 7) is 0. The standard InChI is InChI=1S/C21H26O7/c1-23-16-11-20(27-5)18(25-3)9-14(16)13(7-8-22)15-10-19(26-4)21(28-6)12-17(15)24-2/h8-13H,7H2,1-6H3. The summed E-state index contributed by atoms with van der Waals surface area (Å²) in [6, 6.07) is 7.09. The van der Waals surface area contributed by atoms with E-state index in [0.29, 0.717) is 34.5 Å². The van der Waals surface area contributed by atoms with Crippen LogP contribution in [0.4, 0.5) is 0 Å². The number of benzene rings is 2. The van der Waals surface area contributed by atoms with Crippen LogP contribution in [-0.4, -0.2) is 48.9 Å². The average Bonchev–Trinajstić information content (AvgIpc) is 2.75. The lowest BCUT2D eigenvalue weighted by atomic mass is 9.87.